The quantitative estimate of drug-likeness (QED) is 0.465. The van der Waals surface area contributed by atoms with Gasteiger partial charge in [0, 0.05) is 30.6 Å². The molecule has 2 aliphatic heterocycles. The van der Waals surface area contributed by atoms with Crippen molar-refractivity contribution in [3.63, 3.8) is 0 Å². The van der Waals surface area contributed by atoms with Gasteiger partial charge in [0.1, 0.15) is 6.04 Å². The fourth-order valence-electron chi connectivity index (χ4n) is 3.51. The number of hydrogen-bond acceptors (Lipinski definition) is 6. The lowest BCUT2D eigenvalue weighted by molar-refractivity contribution is -0.384. The maximum Gasteiger partial charge on any atom is 0.269 e. The topological polar surface area (TPSA) is 108 Å². The maximum absolute atomic E-state index is 12.7. The van der Waals surface area contributed by atoms with Crippen LogP contribution in [0.5, 0.6) is 0 Å². The molecule has 130 valence electrons. The Labute approximate surface area is 140 Å². The molecule has 8 nitrogen and oxygen atoms in total. The van der Waals surface area contributed by atoms with Gasteiger partial charge in [-0.05, 0) is 24.9 Å². The van der Waals surface area contributed by atoms with E-state index in [9.17, 15) is 14.9 Å². The molecular weight excluding hydrogens is 310 g/mol. The summed E-state index contributed by atoms with van der Waals surface area (Å²) < 4.78 is 0. The van der Waals surface area contributed by atoms with E-state index in [1.165, 1.54) is 12.1 Å². The van der Waals surface area contributed by atoms with Crippen LogP contribution in [0.15, 0.2) is 24.3 Å². The number of benzene rings is 1. The van der Waals surface area contributed by atoms with E-state index in [-0.39, 0.29) is 29.6 Å². The molecule has 0 spiro atoms. The zero-order valence-corrected chi connectivity index (χ0v) is 13.6. The van der Waals surface area contributed by atoms with E-state index in [1.54, 1.807) is 6.07 Å². The van der Waals surface area contributed by atoms with E-state index < -0.39 is 4.92 Å². The fourth-order valence-corrected chi connectivity index (χ4v) is 3.51. The van der Waals surface area contributed by atoms with Crippen molar-refractivity contribution >= 4 is 11.6 Å². The minimum Gasteiger partial charge on any atom is -0.348 e. The summed E-state index contributed by atoms with van der Waals surface area (Å²) in [6.45, 7) is 3.71. The Kier molecular flexibility index (Phi) is 5.08. The molecule has 4 unspecified atom stereocenters. The van der Waals surface area contributed by atoms with Gasteiger partial charge in [-0.25, -0.2) is 5.43 Å². The number of amides is 1. The lowest BCUT2D eigenvalue weighted by Crippen LogP contribution is -2.49. The molecule has 3 rings (SSSR count). The molecule has 8 heteroatoms. The predicted molar refractivity (Wildman–Crippen MR) is 89.1 cm³/mol. The van der Waals surface area contributed by atoms with Crippen LogP contribution >= 0.6 is 0 Å². The van der Waals surface area contributed by atoms with E-state index >= 15 is 0 Å². The Balaban J connectivity index is 1.70. The first-order valence-corrected chi connectivity index (χ1v) is 8.36. The molecule has 1 aromatic rings. The van der Waals surface area contributed by atoms with Gasteiger partial charge in [-0.15, -0.1) is 0 Å². The normalized spacial score (nSPS) is 27.3. The van der Waals surface area contributed by atoms with Gasteiger partial charge < -0.3 is 10.6 Å². The highest BCUT2D eigenvalue weighted by Crippen LogP contribution is 2.24. The number of nitrogens with one attached hydrogen (secondary N) is 4. The van der Waals surface area contributed by atoms with Crippen molar-refractivity contribution in [3.05, 3.63) is 39.9 Å². The molecule has 1 aromatic carbocycles. The van der Waals surface area contributed by atoms with Gasteiger partial charge in [0.15, 0.2) is 0 Å². The second-order valence-corrected chi connectivity index (χ2v) is 6.35. The molecule has 2 aliphatic rings. The molecule has 2 heterocycles. The molecular formula is C16H23N5O3. The number of hydrogen-bond donors (Lipinski definition) is 4. The Morgan fingerprint density at radius 3 is 3.04 bits per heavy atom. The third-order valence-electron chi connectivity index (χ3n) is 4.87. The largest absolute Gasteiger partial charge is 0.348 e. The third-order valence-corrected chi connectivity index (χ3v) is 4.87. The monoisotopic (exact) mass is 333 g/mol. The van der Waals surface area contributed by atoms with Crippen LogP contribution in [-0.4, -0.2) is 36.0 Å². The Morgan fingerprint density at radius 1 is 1.46 bits per heavy atom. The first-order valence-electron chi connectivity index (χ1n) is 8.36. The summed E-state index contributed by atoms with van der Waals surface area (Å²) in [7, 11) is 0. The van der Waals surface area contributed by atoms with Crippen LogP contribution in [0.25, 0.3) is 0 Å². The van der Waals surface area contributed by atoms with Gasteiger partial charge in [0.2, 0.25) is 5.91 Å². The van der Waals surface area contributed by atoms with Gasteiger partial charge in [-0.3, -0.25) is 20.3 Å². The summed E-state index contributed by atoms with van der Waals surface area (Å²) in [6.07, 6.45) is 1.66. The van der Waals surface area contributed by atoms with Crippen molar-refractivity contribution < 1.29 is 9.72 Å². The lowest BCUT2D eigenvalue weighted by atomic mass is 9.89. The number of rotatable bonds is 5. The Morgan fingerprint density at radius 2 is 2.29 bits per heavy atom. The van der Waals surface area contributed by atoms with Crippen molar-refractivity contribution in [2.24, 2.45) is 5.92 Å². The van der Waals surface area contributed by atoms with Crippen LogP contribution in [-0.2, 0) is 4.79 Å². The molecule has 2 fully saturated rings. The third kappa shape index (κ3) is 3.40. The minimum atomic E-state index is -0.418. The van der Waals surface area contributed by atoms with E-state index in [0.717, 1.165) is 25.1 Å². The first kappa shape index (κ1) is 16.8. The molecule has 4 N–H and O–H groups in total. The van der Waals surface area contributed by atoms with E-state index in [1.807, 2.05) is 13.0 Å². The van der Waals surface area contributed by atoms with Crippen LogP contribution in [0.2, 0.25) is 0 Å². The number of nitro benzene ring substituents is 1. The van der Waals surface area contributed by atoms with Gasteiger partial charge >= 0.3 is 0 Å². The zero-order valence-electron chi connectivity index (χ0n) is 13.6. The Bertz CT molecular complexity index is 623. The number of piperidine rings is 1. The summed E-state index contributed by atoms with van der Waals surface area (Å²) in [6, 6.07) is 6.22. The van der Waals surface area contributed by atoms with Crippen molar-refractivity contribution in [2.75, 3.05) is 13.1 Å². The van der Waals surface area contributed by atoms with Gasteiger partial charge in [0.05, 0.1) is 11.0 Å². The second kappa shape index (κ2) is 7.25. The highest BCUT2D eigenvalue weighted by atomic mass is 16.6. The summed E-state index contributed by atoms with van der Waals surface area (Å²) in [5, 5.41) is 17.3. The number of hydrazine groups is 1. The lowest BCUT2D eigenvalue weighted by Gasteiger charge is -2.28. The molecule has 1 amide bonds. The van der Waals surface area contributed by atoms with Crippen LogP contribution in [0.4, 0.5) is 5.69 Å². The molecule has 4 atom stereocenters. The van der Waals surface area contributed by atoms with E-state index in [2.05, 4.69) is 21.5 Å². The zero-order chi connectivity index (χ0) is 17.1. The van der Waals surface area contributed by atoms with Crippen LogP contribution in [0.3, 0.4) is 0 Å². The molecule has 0 radical (unpaired) electrons. The maximum atomic E-state index is 12.7. The van der Waals surface area contributed by atoms with Crippen molar-refractivity contribution in [2.45, 2.75) is 37.9 Å². The van der Waals surface area contributed by atoms with Crippen LogP contribution < -0.4 is 21.5 Å². The fraction of sp³-hybridized carbons (Fsp3) is 0.562. The Hall–Kier alpha value is -2.03. The molecule has 0 saturated carbocycles. The predicted octanol–water partition coefficient (Wildman–Crippen LogP) is 0.617. The minimum absolute atomic E-state index is 0.0393. The molecule has 24 heavy (non-hydrogen) atoms. The molecule has 2 saturated heterocycles. The van der Waals surface area contributed by atoms with Gasteiger partial charge in [-0.1, -0.05) is 19.1 Å². The van der Waals surface area contributed by atoms with Crippen LogP contribution in [0, 0.1) is 16.0 Å². The number of nitro groups is 1. The number of non-ortho nitro benzene ring substituents is 1. The van der Waals surface area contributed by atoms with Gasteiger partial charge in [0.25, 0.3) is 5.69 Å². The molecule has 0 aliphatic carbocycles. The summed E-state index contributed by atoms with van der Waals surface area (Å²) in [5.74, 6) is 0.137. The first-order chi connectivity index (χ1) is 11.6. The molecule has 0 aromatic heterocycles. The van der Waals surface area contributed by atoms with Crippen molar-refractivity contribution in [1.82, 2.24) is 21.5 Å². The standard InChI is InChI=1S/C16H23N5O3/c1-2-13(10-4-3-5-11(8-10)21(23)24)18-16(22)15-12-9-17-7-6-14(12)19-20-15/h3-5,8,12-15,17,19-20H,2,6-7,9H2,1H3,(H,18,22). The number of carbonyl (C=O) groups is 1. The van der Waals surface area contributed by atoms with Crippen molar-refractivity contribution in [3.8, 4) is 0 Å². The van der Waals surface area contributed by atoms with E-state index in [0.29, 0.717) is 12.5 Å². The highest BCUT2D eigenvalue weighted by molar-refractivity contribution is 5.83. The molecule has 0 bridgehead atoms. The van der Waals surface area contributed by atoms with E-state index in [4.69, 9.17) is 0 Å². The number of fused-ring (bicyclic) bond motifs is 1. The summed E-state index contributed by atoms with van der Waals surface area (Å²) in [4.78, 5) is 23.2. The van der Waals surface area contributed by atoms with Crippen molar-refractivity contribution in [1.29, 1.82) is 0 Å². The second-order valence-electron chi connectivity index (χ2n) is 6.35. The average molecular weight is 333 g/mol. The summed E-state index contributed by atoms with van der Waals surface area (Å²) in [5.41, 5.74) is 7.10. The smallest absolute Gasteiger partial charge is 0.269 e. The van der Waals surface area contributed by atoms with Crippen LogP contribution in [0.1, 0.15) is 31.4 Å². The highest BCUT2D eigenvalue weighted by Gasteiger charge is 2.41. The number of carbonyl (C=O) groups excluding carboxylic acids is 1. The summed E-state index contributed by atoms with van der Waals surface area (Å²) >= 11 is 0. The SMILES string of the molecule is CCC(NC(=O)C1NNC2CCNCC21)c1cccc([N+](=O)[O-])c1. The van der Waals surface area contributed by atoms with Gasteiger partial charge in [-0.2, -0.15) is 0 Å². The number of nitrogens with zero attached hydrogens (tertiary/aromatic N) is 1. The average Bonchev–Trinajstić information content (AvgIpc) is 3.03.